The second-order valence-electron chi connectivity index (χ2n) is 10.2. The lowest BCUT2D eigenvalue weighted by Gasteiger charge is -2.28. The maximum Gasteiger partial charge on any atom is 0.417 e. The molecule has 0 atom stereocenters. The Hall–Kier alpha value is -5.57. The van der Waals surface area contributed by atoms with Crippen LogP contribution in [0.1, 0.15) is 49.7 Å². The van der Waals surface area contributed by atoms with Gasteiger partial charge in [-0.05, 0) is 28.8 Å². The molecule has 2 aliphatic rings. The third kappa shape index (κ3) is 4.74. The fourth-order valence-corrected chi connectivity index (χ4v) is 5.51. The number of nitriles is 1. The molecule has 43 heavy (non-hydrogen) atoms. The standard InChI is InChI=1S/C31H22F3N7O2/c32-31(33,34)24-12-11-19(13-23(24)27(42)40-17-20-15-37-26(14-35)38-25(20)18-40)16-41-28(43)30(39-29(41)36,21-7-3-1-4-8-21)22-9-5-2-6-10-22/h1-13,15H,16-18H2,(H2,36,39). The maximum absolute atomic E-state index is 14.1. The van der Waals surface area contributed by atoms with Crippen LogP contribution in [0.15, 0.2) is 85.1 Å². The molecule has 1 fully saturated rings. The van der Waals surface area contributed by atoms with Crippen molar-refractivity contribution in [3.8, 4) is 6.07 Å². The van der Waals surface area contributed by atoms with Crippen molar-refractivity contribution in [2.75, 3.05) is 0 Å². The van der Waals surface area contributed by atoms with Gasteiger partial charge in [-0.3, -0.25) is 19.9 Å². The molecule has 9 nitrogen and oxygen atoms in total. The number of carbonyl (C=O) groups is 2. The Morgan fingerprint density at radius 1 is 1.02 bits per heavy atom. The van der Waals surface area contributed by atoms with E-state index in [9.17, 15) is 22.8 Å². The van der Waals surface area contributed by atoms with Crippen molar-refractivity contribution >= 4 is 17.8 Å². The number of rotatable bonds is 5. The molecule has 12 heteroatoms. The van der Waals surface area contributed by atoms with Crippen LogP contribution in [-0.4, -0.2) is 37.5 Å². The molecule has 0 saturated carbocycles. The molecule has 0 spiro atoms. The third-order valence-corrected chi connectivity index (χ3v) is 7.56. The molecule has 2 amide bonds. The van der Waals surface area contributed by atoms with Crippen molar-refractivity contribution in [2.24, 2.45) is 0 Å². The van der Waals surface area contributed by atoms with E-state index in [-0.39, 0.29) is 37.0 Å². The van der Waals surface area contributed by atoms with Gasteiger partial charge in [0.25, 0.3) is 11.8 Å². The highest BCUT2D eigenvalue weighted by atomic mass is 19.4. The molecule has 2 N–H and O–H groups in total. The molecule has 1 aromatic heterocycles. The summed E-state index contributed by atoms with van der Waals surface area (Å²) in [6, 6.07) is 22.7. The summed E-state index contributed by atoms with van der Waals surface area (Å²) < 4.78 is 42.2. The summed E-state index contributed by atoms with van der Waals surface area (Å²) in [5.74, 6) is -1.69. The summed E-state index contributed by atoms with van der Waals surface area (Å²) in [7, 11) is 0. The normalized spacial score (nSPS) is 15.7. The number of benzene rings is 3. The second-order valence-corrected chi connectivity index (χ2v) is 10.2. The fourth-order valence-electron chi connectivity index (χ4n) is 5.51. The number of aromatic nitrogens is 2. The molecule has 0 unspecified atom stereocenters. The van der Waals surface area contributed by atoms with Gasteiger partial charge in [0, 0.05) is 18.3 Å². The number of hydrogen-bond donors (Lipinski definition) is 2. The third-order valence-electron chi connectivity index (χ3n) is 7.56. The van der Waals surface area contributed by atoms with Gasteiger partial charge in [-0.15, -0.1) is 0 Å². The Morgan fingerprint density at radius 3 is 2.28 bits per heavy atom. The molecule has 3 aromatic carbocycles. The van der Waals surface area contributed by atoms with E-state index in [4.69, 9.17) is 10.7 Å². The van der Waals surface area contributed by atoms with E-state index in [1.807, 2.05) is 6.07 Å². The van der Waals surface area contributed by atoms with Crippen molar-refractivity contribution in [1.29, 1.82) is 10.7 Å². The number of hydrogen-bond acceptors (Lipinski definition) is 6. The van der Waals surface area contributed by atoms with Crippen LogP contribution in [0, 0.1) is 16.7 Å². The highest BCUT2D eigenvalue weighted by molar-refractivity contribution is 6.10. The Morgan fingerprint density at radius 2 is 1.67 bits per heavy atom. The summed E-state index contributed by atoms with van der Waals surface area (Å²) >= 11 is 0. The fraction of sp³-hybridized carbons (Fsp3) is 0.161. The average molecular weight is 582 g/mol. The van der Waals surface area contributed by atoms with Gasteiger partial charge in [0.2, 0.25) is 5.82 Å². The zero-order valence-corrected chi connectivity index (χ0v) is 22.4. The van der Waals surface area contributed by atoms with E-state index in [2.05, 4.69) is 15.3 Å². The van der Waals surface area contributed by atoms with Gasteiger partial charge >= 0.3 is 6.18 Å². The highest BCUT2D eigenvalue weighted by Gasteiger charge is 2.52. The van der Waals surface area contributed by atoms with Gasteiger partial charge in [0.15, 0.2) is 11.5 Å². The number of halogens is 3. The molecule has 214 valence electrons. The van der Waals surface area contributed by atoms with Crippen LogP contribution in [0.2, 0.25) is 0 Å². The first-order chi connectivity index (χ1) is 20.6. The maximum atomic E-state index is 14.1. The van der Waals surface area contributed by atoms with E-state index in [0.717, 1.165) is 17.0 Å². The Labute approximate surface area is 243 Å². The molecule has 2 aliphatic heterocycles. The highest BCUT2D eigenvalue weighted by Crippen LogP contribution is 2.38. The predicted molar refractivity (Wildman–Crippen MR) is 147 cm³/mol. The summed E-state index contributed by atoms with van der Waals surface area (Å²) in [5, 5.41) is 20.8. The van der Waals surface area contributed by atoms with Gasteiger partial charge in [0.1, 0.15) is 6.07 Å². The Balaban J connectivity index is 1.34. The number of fused-ring (bicyclic) bond motifs is 1. The number of alkyl halides is 3. The molecule has 3 heterocycles. The molecule has 0 radical (unpaired) electrons. The van der Waals surface area contributed by atoms with Gasteiger partial charge in [-0.2, -0.15) is 18.4 Å². The number of nitrogens with zero attached hydrogens (tertiary/aromatic N) is 5. The van der Waals surface area contributed by atoms with Crippen molar-refractivity contribution in [3.05, 3.63) is 130 Å². The summed E-state index contributed by atoms with van der Waals surface area (Å²) in [6.45, 7) is -0.346. The summed E-state index contributed by atoms with van der Waals surface area (Å²) in [6.07, 6.45) is -3.43. The molecule has 1 saturated heterocycles. The van der Waals surface area contributed by atoms with Crippen molar-refractivity contribution in [2.45, 2.75) is 31.3 Å². The van der Waals surface area contributed by atoms with E-state index >= 15 is 0 Å². The van der Waals surface area contributed by atoms with Crippen LogP contribution < -0.4 is 5.32 Å². The number of amides is 2. The smallest absolute Gasteiger partial charge is 0.334 e. The van der Waals surface area contributed by atoms with Crippen molar-refractivity contribution < 1.29 is 22.8 Å². The van der Waals surface area contributed by atoms with Gasteiger partial charge in [0.05, 0.1) is 29.9 Å². The predicted octanol–water partition coefficient (Wildman–Crippen LogP) is 4.33. The molecule has 4 aromatic rings. The number of nitrogens with one attached hydrogen (secondary N) is 2. The lowest BCUT2D eigenvalue weighted by Crippen LogP contribution is -2.45. The molecule has 0 aliphatic carbocycles. The Bertz CT molecular complexity index is 1760. The van der Waals surface area contributed by atoms with Crippen LogP contribution in [0.3, 0.4) is 0 Å². The van der Waals surface area contributed by atoms with Crippen LogP contribution in [0.5, 0.6) is 0 Å². The van der Waals surface area contributed by atoms with Crippen molar-refractivity contribution in [1.82, 2.24) is 25.1 Å². The Kier molecular flexibility index (Phi) is 6.65. The molecule has 0 bridgehead atoms. The van der Waals surface area contributed by atoms with Gasteiger partial charge in [-0.25, -0.2) is 9.97 Å². The summed E-state index contributed by atoms with van der Waals surface area (Å²) in [5.41, 5.74) is -0.774. The first-order valence-corrected chi connectivity index (χ1v) is 13.2. The van der Waals surface area contributed by atoms with Gasteiger partial charge < -0.3 is 10.2 Å². The monoisotopic (exact) mass is 581 g/mol. The minimum atomic E-state index is -4.82. The van der Waals surface area contributed by atoms with Crippen LogP contribution in [-0.2, 0) is 36.1 Å². The van der Waals surface area contributed by atoms with E-state index in [1.54, 1.807) is 60.7 Å². The van der Waals surface area contributed by atoms with Crippen LogP contribution >= 0.6 is 0 Å². The topological polar surface area (TPSA) is 126 Å². The van der Waals surface area contributed by atoms with Gasteiger partial charge in [-0.1, -0.05) is 66.7 Å². The minimum absolute atomic E-state index is 0.0166. The SMILES string of the molecule is N#Cc1ncc2c(n1)CN(C(=O)c1cc(CN3C(=N)NC(c4ccccc4)(c4ccccc4)C3=O)ccc1C(F)(F)F)C2. The first kappa shape index (κ1) is 27.6. The number of carbonyl (C=O) groups excluding carboxylic acids is 2. The minimum Gasteiger partial charge on any atom is -0.334 e. The lowest BCUT2D eigenvalue weighted by atomic mass is 9.82. The van der Waals surface area contributed by atoms with Crippen molar-refractivity contribution in [3.63, 3.8) is 0 Å². The van der Waals surface area contributed by atoms with Crippen LogP contribution in [0.4, 0.5) is 13.2 Å². The lowest BCUT2D eigenvalue weighted by molar-refractivity contribution is -0.138. The van der Waals surface area contributed by atoms with Crippen LogP contribution in [0.25, 0.3) is 0 Å². The molecule has 6 rings (SSSR count). The zero-order valence-electron chi connectivity index (χ0n) is 22.4. The number of guanidine groups is 1. The summed E-state index contributed by atoms with van der Waals surface area (Å²) in [4.78, 5) is 37.9. The van der Waals surface area contributed by atoms with E-state index < -0.39 is 34.7 Å². The second kappa shape index (κ2) is 10.4. The quantitative estimate of drug-likeness (QED) is 0.361. The van der Waals surface area contributed by atoms with E-state index in [1.165, 1.54) is 17.2 Å². The molecular formula is C31H22F3N7O2. The average Bonchev–Trinajstić information content (AvgIpc) is 3.55. The zero-order chi connectivity index (χ0) is 30.4. The molecular weight excluding hydrogens is 559 g/mol. The largest absolute Gasteiger partial charge is 0.417 e. The van der Waals surface area contributed by atoms with E-state index in [0.29, 0.717) is 22.4 Å². The first-order valence-electron chi connectivity index (χ1n) is 13.2.